The Balaban J connectivity index is 1.66. The van der Waals surface area contributed by atoms with Gasteiger partial charge >= 0.3 is 0 Å². The number of hydrogen-bond donors (Lipinski definition) is 0. The van der Waals surface area contributed by atoms with Crippen molar-refractivity contribution in [2.24, 2.45) is 0 Å². The largest absolute Gasteiger partial charge is 0.492 e. The third-order valence-corrected chi connectivity index (χ3v) is 3.86. The predicted molar refractivity (Wildman–Crippen MR) is 86.4 cm³/mol. The summed E-state index contributed by atoms with van der Waals surface area (Å²) in [6.45, 7) is 4.58. The third kappa shape index (κ3) is 6.84. The van der Waals surface area contributed by atoms with E-state index in [2.05, 4.69) is 19.1 Å². The van der Waals surface area contributed by atoms with E-state index in [1.165, 1.54) is 12.8 Å². The van der Waals surface area contributed by atoms with Crippen LogP contribution in [-0.4, -0.2) is 32.7 Å². The summed E-state index contributed by atoms with van der Waals surface area (Å²) in [6, 6.07) is 0. The Bertz CT molecular complexity index is 362. The average molecular weight is 310 g/mol. The predicted octanol–water partition coefficient (Wildman–Crippen LogP) is 4.31. The Morgan fingerprint density at radius 2 is 1.77 bits per heavy atom. The van der Waals surface area contributed by atoms with E-state index in [9.17, 15) is 0 Å². The van der Waals surface area contributed by atoms with Gasteiger partial charge in [0.1, 0.15) is 6.61 Å². The molecule has 4 heteroatoms. The number of rotatable bonds is 12. The van der Waals surface area contributed by atoms with Gasteiger partial charge in [0.05, 0.1) is 24.7 Å². The first kappa shape index (κ1) is 17.4. The summed E-state index contributed by atoms with van der Waals surface area (Å²) in [5.41, 5.74) is 0. The van der Waals surface area contributed by atoms with Crippen LogP contribution in [-0.2, 0) is 18.9 Å². The first-order chi connectivity index (χ1) is 10.9. The van der Waals surface area contributed by atoms with Crippen LogP contribution in [0.5, 0.6) is 0 Å². The second kappa shape index (κ2) is 10.7. The molecule has 0 saturated carbocycles. The Morgan fingerprint density at radius 3 is 2.45 bits per heavy atom. The third-order valence-electron chi connectivity index (χ3n) is 3.86. The molecule has 4 nitrogen and oxygen atoms in total. The minimum absolute atomic E-state index is 0.333. The van der Waals surface area contributed by atoms with Crippen molar-refractivity contribution in [1.29, 1.82) is 0 Å². The maximum absolute atomic E-state index is 5.93. The highest BCUT2D eigenvalue weighted by Crippen LogP contribution is 2.22. The molecule has 1 unspecified atom stereocenters. The first-order valence-corrected chi connectivity index (χ1v) is 8.75. The molecule has 0 heterocycles. The Morgan fingerprint density at radius 1 is 1.00 bits per heavy atom. The number of hydrogen-bond acceptors (Lipinski definition) is 4. The van der Waals surface area contributed by atoms with Crippen LogP contribution >= 0.6 is 0 Å². The van der Waals surface area contributed by atoms with E-state index in [1.807, 2.05) is 0 Å². The summed E-state index contributed by atoms with van der Waals surface area (Å²) >= 11 is 0. The molecular weight excluding hydrogens is 280 g/mol. The van der Waals surface area contributed by atoms with Crippen LogP contribution in [0.25, 0.3) is 0 Å². The van der Waals surface area contributed by atoms with Crippen molar-refractivity contribution in [2.45, 2.75) is 64.6 Å². The molecule has 0 fully saturated rings. The normalized spacial score (nSPS) is 19.0. The quantitative estimate of drug-likeness (QED) is 0.397. The minimum atomic E-state index is -0.333. The summed E-state index contributed by atoms with van der Waals surface area (Å²) in [6.07, 6.45) is 12.9. The molecule has 0 aromatic heterocycles. The molecule has 2 aliphatic carbocycles. The van der Waals surface area contributed by atoms with Gasteiger partial charge in [-0.25, -0.2) is 0 Å². The highest BCUT2D eigenvalue weighted by atomic mass is 16.7. The fourth-order valence-electron chi connectivity index (χ4n) is 2.57. The van der Waals surface area contributed by atoms with Crippen molar-refractivity contribution in [1.82, 2.24) is 0 Å². The van der Waals surface area contributed by atoms with Crippen LogP contribution in [0.3, 0.4) is 0 Å². The molecule has 0 N–H and O–H groups in total. The summed E-state index contributed by atoms with van der Waals surface area (Å²) in [7, 11) is 0. The molecular formula is C18H30O4. The van der Waals surface area contributed by atoms with Gasteiger partial charge in [-0.1, -0.05) is 13.3 Å². The zero-order valence-electron chi connectivity index (χ0n) is 13.9. The van der Waals surface area contributed by atoms with Crippen molar-refractivity contribution in [3.8, 4) is 0 Å². The maximum Gasteiger partial charge on any atom is 0.233 e. The van der Waals surface area contributed by atoms with Gasteiger partial charge in [-0.2, -0.15) is 0 Å². The van der Waals surface area contributed by atoms with Gasteiger partial charge in [-0.3, -0.25) is 0 Å². The number of allylic oxidation sites excluding steroid dienone is 4. The molecule has 126 valence electrons. The van der Waals surface area contributed by atoms with Gasteiger partial charge in [-0.05, 0) is 44.3 Å². The lowest BCUT2D eigenvalue weighted by Gasteiger charge is -2.21. The van der Waals surface area contributed by atoms with Gasteiger partial charge in [-0.15, -0.1) is 0 Å². The van der Waals surface area contributed by atoms with E-state index in [-0.39, 0.29) is 6.29 Å². The van der Waals surface area contributed by atoms with Crippen LogP contribution in [0.2, 0.25) is 0 Å². The molecule has 0 aromatic rings. The molecule has 0 radical (unpaired) electrons. The second-order valence-corrected chi connectivity index (χ2v) is 5.82. The highest BCUT2D eigenvalue weighted by molar-refractivity contribution is 5.01. The lowest BCUT2D eigenvalue weighted by atomic mass is 10.3. The highest BCUT2D eigenvalue weighted by Gasteiger charge is 2.17. The second-order valence-electron chi connectivity index (χ2n) is 5.82. The smallest absolute Gasteiger partial charge is 0.233 e. The first-order valence-electron chi connectivity index (χ1n) is 8.75. The monoisotopic (exact) mass is 310 g/mol. The van der Waals surface area contributed by atoms with E-state index in [0.29, 0.717) is 19.8 Å². The van der Waals surface area contributed by atoms with Gasteiger partial charge < -0.3 is 18.9 Å². The van der Waals surface area contributed by atoms with Gasteiger partial charge in [0.25, 0.3) is 0 Å². The van der Waals surface area contributed by atoms with Crippen LogP contribution < -0.4 is 0 Å². The SMILES string of the molecule is CCCCOCCOC(COC1=CCCC1)OC1=CCCC1. The molecule has 22 heavy (non-hydrogen) atoms. The Kier molecular flexibility index (Phi) is 8.43. The fourth-order valence-corrected chi connectivity index (χ4v) is 2.57. The van der Waals surface area contributed by atoms with Crippen molar-refractivity contribution in [3.63, 3.8) is 0 Å². The Hall–Kier alpha value is -1.00. The van der Waals surface area contributed by atoms with Crippen LogP contribution in [0.4, 0.5) is 0 Å². The topological polar surface area (TPSA) is 36.9 Å². The molecule has 1 atom stereocenters. The zero-order chi connectivity index (χ0) is 15.5. The molecule has 0 bridgehead atoms. The molecule has 2 aliphatic rings. The molecule has 0 aromatic carbocycles. The lowest BCUT2D eigenvalue weighted by molar-refractivity contribution is -0.152. The number of ether oxygens (including phenoxy) is 4. The molecule has 0 spiro atoms. The Labute approximate surface area is 134 Å². The van der Waals surface area contributed by atoms with Crippen molar-refractivity contribution in [2.75, 3.05) is 26.4 Å². The summed E-state index contributed by atoms with van der Waals surface area (Å²) in [5.74, 6) is 2.12. The van der Waals surface area contributed by atoms with Crippen LogP contribution in [0.15, 0.2) is 23.7 Å². The van der Waals surface area contributed by atoms with E-state index in [4.69, 9.17) is 18.9 Å². The van der Waals surface area contributed by atoms with Gasteiger partial charge in [0.2, 0.25) is 6.29 Å². The molecule has 2 rings (SSSR count). The van der Waals surface area contributed by atoms with Crippen molar-refractivity contribution >= 4 is 0 Å². The lowest BCUT2D eigenvalue weighted by Crippen LogP contribution is -2.25. The van der Waals surface area contributed by atoms with Crippen LogP contribution in [0.1, 0.15) is 58.3 Å². The van der Waals surface area contributed by atoms with Gasteiger partial charge in [0, 0.05) is 19.4 Å². The van der Waals surface area contributed by atoms with Crippen molar-refractivity contribution < 1.29 is 18.9 Å². The molecule has 0 amide bonds. The van der Waals surface area contributed by atoms with E-state index in [1.54, 1.807) is 0 Å². The maximum atomic E-state index is 5.93. The standard InChI is InChI=1S/C18H30O4/c1-2-3-12-19-13-14-20-18(22-17-10-6-7-11-17)15-21-16-8-4-5-9-16/h8,10,18H,2-7,9,11-15H2,1H3. The zero-order valence-corrected chi connectivity index (χ0v) is 13.9. The fraction of sp³-hybridized carbons (Fsp3) is 0.778. The van der Waals surface area contributed by atoms with E-state index in [0.717, 1.165) is 56.7 Å². The number of unbranched alkanes of at least 4 members (excludes halogenated alkanes) is 1. The van der Waals surface area contributed by atoms with Gasteiger partial charge in [0.15, 0.2) is 0 Å². The van der Waals surface area contributed by atoms with Crippen LogP contribution in [0, 0.1) is 0 Å². The van der Waals surface area contributed by atoms with Crippen molar-refractivity contribution in [3.05, 3.63) is 23.7 Å². The molecule has 0 aliphatic heterocycles. The minimum Gasteiger partial charge on any atom is -0.492 e. The van der Waals surface area contributed by atoms with E-state index >= 15 is 0 Å². The summed E-state index contributed by atoms with van der Waals surface area (Å²) in [4.78, 5) is 0. The summed E-state index contributed by atoms with van der Waals surface area (Å²) in [5, 5.41) is 0. The molecule has 0 saturated heterocycles. The summed E-state index contributed by atoms with van der Waals surface area (Å²) < 4.78 is 23.1. The average Bonchev–Trinajstić information content (AvgIpc) is 3.21. The van der Waals surface area contributed by atoms with E-state index < -0.39 is 0 Å².